The summed E-state index contributed by atoms with van der Waals surface area (Å²) >= 11 is 0. The van der Waals surface area contributed by atoms with Crippen LogP contribution in [0.1, 0.15) is 6.42 Å². The van der Waals surface area contributed by atoms with Gasteiger partial charge in [-0.15, -0.1) is 12.4 Å². The molecule has 2 rings (SSSR count). The van der Waals surface area contributed by atoms with Gasteiger partial charge in [-0.3, -0.25) is 9.69 Å². The molecule has 0 saturated carbocycles. The maximum absolute atomic E-state index is 13.3. The van der Waals surface area contributed by atoms with Gasteiger partial charge < -0.3 is 11.1 Å². The molecule has 0 spiro atoms. The Morgan fingerprint density at radius 1 is 1.47 bits per heavy atom. The molecular weight excluding hydrogens is 276 g/mol. The average Bonchev–Trinajstić information content (AvgIpc) is 2.69. The summed E-state index contributed by atoms with van der Waals surface area (Å²) in [4.78, 5) is 13.5. The van der Waals surface area contributed by atoms with Crippen LogP contribution in [-0.4, -0.2) is 36.5 Å². The van der Waals surface area contributed by atoms with Crippen molar-refractivity contribution in [2.75, 3.05) is 25.0 Å². The molecule has 1 amide bonds. The topological polar surface area (TPSA) is 58.4 Å². The highest BCUT2D eigenvalue weighted by Crippen LogP contribution is 2.15. The fraction of sp³-hybridized carbons (Fsp3) is 0.417. The summed E-state index contributed by atoms with van der Waals surface area (Å²) in [6.07, 6.45) is 0.849. The Morgan fingerprint density at radius 3 is 2.84 bits per heavy atom. The van der Waals surface area contributed by atoms with E-state index in [1.807, 2.05) is 4.90 Å². The molecule has 0 unspecified atom stereocenters. The van der Waals surface area contributed by atoms with Gasteiger partial charge in [0.15, 0.2) is 0 Å². The number of anilines is 1. The van der Waals surface area contributed by atoms with E-state index in [9.17, 15) is 13.6 Å². The first-order valence-corrected chi connectivity index (χ1v) is 5.77. The van der Waals surface area contributed by atoms with Crippen LogP contribution in [0.15, 0.2) is 18.2 Å². The predicted octanol–water partition coefficient (Wildman–Crippen LogP) is 1.36. The zero-order valence-corrected chi connectivity index (χ0v) is 11.1. The number of hydrogen-bond acceptors (Lipinski definition) is 3. The summed E-state index contributed by atoms with van der Waals surface area (Å²) < 4.78 is 26.2. The van der Waals surface area contributed by atoms with Gasteiger partial charge in [-0.2, -0.15) is 0 Å². The molecule has 1 fully saturated rings. The summed E-state index contributed by atoms with van der Waals surface area (Å²) in [5.41, 5.74) is 5.58. The zero-order chi connectivity index (χ0) is 13.1. The van der Waals surface area contributed by atoms with Gasteiger partial charge in [-0.05, 0) is 18.6 Å². The van der Waals surface area contributed by atoms with E-state index in [2.05, 4.69) is 5.32 Å². The lowest BCUT2D eigenvalue weighted by molar-refractivity contribution is -0.117. The molecule has 0 bridgehead atoms. The molecule has 106 valence electrons. The van der Waals surface area contributed by atoms with Crippen molar-refractivity contribution in [3.8, 4) is 0 Å². The number of likely N-dealkylation sites (tertiary alicyclic amines) is 1. The number of carbonyl (C=O) groups excluding carboxylic acids is 1. The minimum absolute atomic E-state index is 0. The van der Waals surface area contributed by atoms with Crippen LogP contribution < -0.4 is 11.1 Å². The maximum Gasteiger partial charge on any atom is 0.238 e. The second-order valence-electron chi connectivity index (χ2n) is 4.46. The van der Waals surface area contributed by atoms with Crippen molar-refractivity contribution in [2.45, 2.75) is 12.5 Å². The highest BCUT2D eigenvalue weighted by atomic mass is 35.5. The Balaban J connectivity index is 0.00000180. The molecule has 4 nitrogen and oxygen atoms in total. The van der Waals surface area contributed by atoms with Crippen LogP contribution in [0.3, 0.4) is 0 Å². The van der Waals surface area contributed by atoms with Crippen molar-refractivity contribution < 1.29 is 13.6 Å². The number of carbonyl (C=O) groups is 1. The quantitative estimate of drug-likeness (QED) is 0.884. The maximum atomic E-state index is 13.3. The summed E-state index contributed by atoms with van der Waals surface area (Å²) in [6, 6.07) is 3.04. The number of halogens is 3. The molecule has 0 radical (unpaired) electrons. The zero-order valence-electron chi connectivity index (χ0n) is 10.2. The fourth-order valence-electron chi connectivity index (χ4n) is 1.99. The van der Waals surface area contributed by atoms with Gasteiger partial charge in [-0.1, -0.05) is 0 Å². The molecule has 7 heteroatoms. The molecule has 1 atom stereocenters. The molecule has 1 aliphatic heterocycles. The van der Waals surface area contributed by atoms with Crippen LogP contribution in [0.25, 0.3) is 0 Å². The first-order valence-electron chi connectivity index (χ1n) is 5.77. The number of nitrogens with zero attached hydrogens (tertiary/aromatic N) is 1. The van der Waals surface area contributed by atoms with Gasteiger partial charge in [0.05, 0.1) is 12.2 Å². The van der Waals surface area contributed by atoms with E-state index in [0.717, 1.165) is 31.2 Å². The molecule has 0 aromatic heterocycles. The molecule has 1 heterocycles. The van der Waals surface area contributed by atoms with Crippen molar-refractivity contribution >= 4 is 24.0 Å². The third kappa shape index (κ3) is 4.41. The van der Waals surface area contributed by atoms with Crippen molar-refractivity contribution in [1.29, 1.82) is 0 Å². The lowest BCUT2D eigenvalue weighted by Gasteiger charge is -2.14. The molecule has 1 aromatic rings. The molecule has 0 aliphatic carbocycles. The second kappa shape index (κ2) is 6.79. The van der Waals surface area contributed by atoms with E-state index in [-0.39, 0.29) is 36.6 Å². The minimum Gasteiger partial charge on any atom is -0.326 e. The molecule has 1 saturated heterocycles. The Labute approximate surface area is 116 Å². The Hall–Kier alpha value is -1.24. The Kier molecular flexibility index (Phi) is 5.65. The molecular formula is C12H16ClF2N3O. The molecule has 19 heavy (non-hydrogen) atoms. The summed E-state index contributed by atoms with van der Waals surface area (Å²) in [5, 5.41) is 2.36. The highest BCUT2D eigenvalue weighted by Gasteiger charge is 2.21. The van der Waals surface area contributed by atoms with Crippen LogP contribution in [0, 0.1) is 11.6 Å². The van der Waals surface area contributed by atoms with E-state index in [1.54, 1.807) is 0 Å². The molecule has 3 N–H and O–H groups in total. The minimum atomic E-state index is -0.650. The van der Waals surface area contributed by atoms with Crippen LogP contribution in [0.2, 0.25) is 0 Å². The van der Waals surface area contributed by atoms with Gasteiger partial charge in [0.25, 0.3) is 0 Å². The first kappa shape index (κ1) is 15.8. The number of nitrogens with two attached hydrogens (primary N) is 1. The number of hydrogen-bond donors (Lipinski definition) is 2. The molecule has 1 aromatic carbocycles. The third-order valence-electron chi connectivity index (χ3n) is 2.88. The SMILES string of the molecule is Cl.N[C@H]1CCN(CC(=O)Nc2cc(F)ccc2F)C1. The molecule has 1 aliphatic rings. The largest absolute Gasteiger partial charge is 0.326 e. The number of amides is 1. The van der Waals surface area contributed by atoms with Crippen LogP contribution in [-0.2, 0) is 4.79 Å². The van der Waals surface area contributed by atoms with E-state index >= 15 is 0 Å². The predicted molar refractivity (Wildman–Crippen MR) is 71.3 cm³/mol. The third-order valence-corrected chi connectivity index (χ3v) is 2.88. The van der Waals surface area contributed by atoms with E-state index in [0.29, 0.717) is 6.54 Å². The summed E-state index contributed by atoms with van der Waals surface area (Å²) in [6.45, 7) is 1.54. The smallest absolute Gasteiger partial charge is 0.238 e. The van der Waals surface area contributed by atoms with E-state index in [1.165, 1.54) is 0 Å². The van der Waals surface area contributed by atoms with Gasteiger partial charge >= 0.3 is 0 Å². The van der Waals surface area contributed by atoms with Crippen LogP contribution in [0.4, 0.5) is 14.5 Å². The van der Waals surface area contributed by atoms with Crippen molar-refractivity contribution in [3.63, 3.8) is 0 Å². The number of nitrogens with one attached hydrogen (secondary N) is 1. The average molecular weight is 292 g/mol. The van der Waals surface area contributed by atoms with Gasteiger partial charge in [-0.25, -0.2) is 8.78 Å². The lowest BCUT2D eigenvalue weighted by atomic mass is 10.3. The Bertz CT molecular complexity index is 459. The van der Waals surface area contributed by atoms with Crippen LogP contribution >= 0.6 is 12.4 Å². The van der Waals surface area contributed by atoms with Gasteiger partial charge in [0, 0.05) is 25.2 Å². The number of rotatable bonds is 3. The van der Waals surface area contributed by atoms with Crippen molar-refractivity contribution in [2.24, 2.45) is 5.73 Å². The van der Waals surface area contributed by atoms with Crippen LogP contribution in [0.5, 0.6) is 0 Å². The van der Waals surface area contributed by atoms with Crippen molar-refractivity contribution in [1.82, 2.24) is 4.90 Å². The van der Waals surface area contributed by atoms with Gasteiger partial charge in [0.1, 0.15) is 11.6 Å². The second-order valence-corrected chi connectivity index (χ2v) is 4.46. The Morgan fingerprint density at radius 2 is 2.21 bits per heavy atom. The monoisotopic (exact) mass is 291 g/mol. The van der Waals surface area contributed by atoms with Crippen molar-refractivity contribution in [3.05, 3.63) is 29.8 Å². The summed E-state index contributed by atoms with van der Waals surface area (Å²) in [7, 11) is 0. The first-order chi connectivity index (χ1) is 8.54. The van der Waals surface area contributed by atoms with Gasteiger partial charge in [0.2, 0.25) is 5.91 Å². The normalized spacial score (nSPS) is 19.0. The van der Waals surface area contributed by atoms with E-state index < -0.39 is 11.6 Å². The number of benzene rings is 1. The highest BCUT2D eigenvalue weighted by molar-refractivity contribution is 5.92. The summed E-state index contributed by atoms with van der Waals surface area (Å²) in [5.74, 6) is -1.61. The standard InChI is InChI=1S/C12H15F2N3O.ClH/c13-8-1-2-10(14)11(5-8)16-12(18)7-17-4-3-9(15)6-17;/h1-2,5,9H,3-4,6-7,15H2,(H,16,18);1H/t9-;/m0./s1. The fourth-order valence-corrected chi connectivity index (χ4v) is 1.99. The van der Waals surface area contributed by atoms with E-state index in [4.69, 9.17) is 5.73 Å². The lowest BCUT2D eigenvalue weighted by Crippen LogP contribution is -2.33.